The van der Waals surface area contributed by atoms with Gasteiger partial charge >= 0.3 is 0 Å². The molecule has 2 rings (SSSR count). The third-order valence-corrected chi connectivity index (χ3v) is 3.16. The minimum Gasteiger partial charge on any atom is -0.383 e. The van der Waals surface area contributed by atoms with Gasteiger partial charge in [0.2, 0.25) is 0 Å². The lowest BCUT2D eigenvalue weighted by molar-refractivity contribution is 0.0698. The molecular formula is C14H19N5O. The monoisotopic (exact) mass is 273 g/mol. The smallest absolute Gasteiger partial charge is 0.288 e. The van der Waals surface area contributed by atoms with E-state index in [1.54, 1.807) is 11.6 Å². The number of anilines is 1. The molecule has 0 aliphatic rings. The number of aromatic nitrogens is 2. The first-order valence-corrected chi connectivity index (χ1v) is 6.42. The number of nitrogens with zero attached hydrogens (tertiary/aromatic N) is 3. The summed E-state index contributed by atoms with van der Waals surface area (Å²) in [6, 6.07) is 9.32. The van der Waals surface area contributed by atoms with Crippen molar-refractivity contribution < 1.29 is 4.79 Å². The number of nitrogens with two attached hydrogens (primary N) is 2. The van der Waals surface area contributed by atoms with E-state index < -0.39 is 0 Å². The highest BCUT2D eigenvalue weighted by molar-refractivity contribution is 5.94. The van der Waals surface area contributed by atoms with Gasteiger partial charge in [0.15, 0.2) is 5.69 Å². The number of nitrogen functional groups attached to an aromatic ring is 1. The molecule has 0 aliphatic carbocycles. The average Bonchev–Trinajstić information content (AvgIpc) is 2.75. The molecule has 6 heteroatoms. The number of carbonyl (C=O) groups excluding carboxylic acids is 1. The topological polar surface area (TPSA) is 90.2 Å². The summed E-state index contributed by atoms with van der Waals surface area (Å²) in [5.41, 5.74) is 7.76. The minimum atomic E-state index is -0.334. The molecule has 20 heavy (non-hydrogen) atoms. The summed E-state index contributed by atoms with van der Waals surface area (Å²) >= 11 is 0. The van der Waals surface area contributed by atoms with Crippen LogP contribution in [0.15, 0.2) is 30.3 Å². The third-order valence-electron chi connectivity index (χ3n) is 3.16. The van der Waals surface area contributed by atoms with E-state index in [4.69, 9.17) is 11.6 Å². The molecule has 1 amide bonds. The summed E-state index contributed by atoms with van der Waals surface area (Å²) in [7, 11) is 0. The fourth-order valence-electron chi connectivity index (χ4n) is 1.84. The highest BCUT2D eigenvalue weighted by Gasteiger charge is 2.23. The van der Waals surface area contributed by atoms with Gasteiger partial charge in [-0.05, 0) is 32.9 Å². The molecule has 0 saturated heterocycles. The van der Waals surface area contributed by atoms with E-state index in [2.05, 4.69) is 5.10 Å². The number of carbonyl (C=O) groups is 1. The third kappa shape index (κ3) is 2.37. The van der Waals surface area contributed by atoms with Crippen molar-refractivity contribution in [2.75, 3.05) is 5.73 Å². The molecule has 1 aromatic carbocycles. The highest BCUT2D eigenvalue weighted by atomic mass is 16.2. The van der Waals surface area contributed by atoms with Gasteiger partial charge in [-0.2, -0.15) is 5.10 Å². The summed E-state index contributed by atoms with van der Waals surface area (Å²) in [4.78, 5) is 12.3. The minimum absolute atomic E-state index is 0.106. The second-order valence-corrected chi connectivity index (χ2v) is 4.91. The molecule has 6 nitrogen and oxygen atoms in total. The number of rotatable bonds is 3. The van der Waals surface area contributed by atoms with Gasteiger partial charge in [0.05, 0.1) is 5.69 Å². The Balaban J connectivity index is 2.46. The van der Waals surface area contributed by atoms with Crippen LogP contribution in [0.3, 0.4) is 0 Å². The van der Waals surface area contributed by atoms with Gasteiger partial charge in [-0.15, -0.1) is 0 Å². The van der Waals surface area contributed by atoms with E-state index in [9.17, 15) is 4.79 Å². The van der Waals surface area contributed by atoms with Crippen molar-refractivity contribution >= 4 is 11.7 Å². The molecule has 0 fully saturated rings. The van der Waals surface area contributed by atoms with Crippen molar-refractivity contribution in [3.8, 4) is 5.69 Å². The molecule has 0 unspecified atom stereocenters. The Morgan fingerprint density at radius 2 is 1.90 bits per heavy atom. The molecule has 1 heterocycles. The van der Waals surface area contributed by atoms with Crippen LogP contribution in [0.5, 0.6) is 0 Å². The lowest BCUT2D eigenvalue weighted by Crippen LogP contribution is -2.43. The van der Waals surface area contributed by atoms with Gasteiger partial charge in [-0.3, -0.25) is 9.80 Å². The van der Waals surface area contributed by atoms with Crippen LogP contribution in [0.1, 0.15) is 29.9 Å². The van der Waals surface area contributed by atoms with Gasteiger partial charge in [0, 0.05) is 11.6 Å². The van der Waals surface area contributed by atoms with E-state index in [-0.39, 0.29) is 17.6 Å². The molecule has 4 N–H and O–H groups in total. The Kier molecular flexibility index (Phi) is 3.76. The standard InChI is InChI=1S/C14H19N5O/c1-9(2)18(16)14(20)12-10(3)13(15)19(17-12)11-7-5-4-6-8-11/h4-9H,15-16H2,1-3H3. The predicted molar refractivity (Wildman–Crippen MR) is 78.2 cm³/mol. The van der Waals surface area contributed by atoms with Crippen molar-refractivity contribution in [1.82, 2.24) is 14.8 Å². The number of hydrazine groups is 1. The zero-order valence-corrected chi connectivity index (χ0v) is 11.9. The van der Waals surface area contributed by atoms with E-state index in [0.717, 1.165) is 10.7 Å². The van der Waals surface area contributed by atoms with Gasteiger partial charge in [-0.25, -0.2) is 10.5 Å². The predicted octanol–water partition coefficient (Wildman–Crippen LogP) is 1.49. The zero-order chi connectivity index (χ0) is 14.9. The molecule has 0 atom stereocenters. The number of para-hydroxylation sites is 1. The Morgan fingerprint density at radius 3 is 2.45 bits per heavy atom. The van der Waals surface area contributed by atoms with Crippen molar-refractivity contribution in [2.24, 2.45) is 5.84 Å². The first kappa shape index (κ1) is 14.1. The van der Waals surface area contributed by atoms with Crippen LogP contribution in [-0.4, -0.2) is 26.7 Å². The summed E-state index contributed by atoms with van der Waals surface area (Å²) in [5.74, 6) is 5.86. The van der Waals surface area contributed by atoms with Crippen LogP contribution >= 0.6 is 0 Å². The van der Waals surface area contributed by atoms with Crippen molar-refractivity contribution in [2.45, 2.75) is 26.8 Å². The first-order chi connectivity index (χ1) is 9.43. The number of hydrogen-bond donors (Lipinski definition) is 2. The fourth-order valence-corrected chi connectivity index (χ4v) is 1.84. The molecule has 106 valence electrons. The molecule has 0 radical (unpaired) electrons. The van der Waals surface area contributed by atoms with Crippen molar-refractivity contribution in [3.63, 3.8) is 0 Å². The van der Waals surface area contributed by atoms with Crippen LogP contribution in [0.4, 0.5) is 5.82 Å². The quantitative estimate of drug-likeness (QED) is 0.503. The second kappa shape index (κ2) is 5.34. The number of amides is 1. The first-order valence-electron chi connectivity index (χ1n) is 6.42. The van der Waals surface area contributed by atoms with Crippen molar-refractivity contribution in [1.29, 1.82) is 0 Å². The summed E-state index contributed by atoms with van der Waals surface area (Å²) in [5, 5.41) is 5.46. The molecule has 0 saturated carbocycles. The van der Waals surface area contributed by atoms with E-state index >= 15 is 0 Å². The van der Waals surface area contributed by atoms with Gasteiger partial charge in [0.1, 0.15) is 5.82 Å². The molecule has 0 spiro atoms. The molecule has 1 aromatic heterocycles. The maximum atomic E-state index is 12.3. The Labute approximate surface area is 117 Å². The van der Waals surface area contributed by atoms with Gasteiger partial charge in [-0.1, -0.05) is 18.2 Å². The van der Waals surface area contributed by atoms with Crippen LogP contribution in [0.25, 0.3) is 5.69 Å². The maximum Gasteiger partial charge on any atom is 0.288 e. The zero-order valence-electron chi connectivity index (χ0n) is 11.9. The highest BCUT2D eigenvalue weighted by Crippen LogP contribution is 2.21. The average molecular weight is 273 g/mol. The number of hydrogen-bond acceptors (Lipinski definition) is 4. The lowest BCUT2D eigenvalue weighted by atomic mass is 10.2. The largest absolute Gasteiger partial charge is 0.383 e. The van der Waals surface area contributed by atoms with Gasteiger partial charge in [0.25, 0.3) is 5.91 Å². The Morgan fingerprint density at radius 1 is 1.30 bits per heavy atom. The van der Waals surface area contributed by atoms with E-state index in [1.807, 2.05) is 44.2 Å². The molecule has 0 bridgehead atoms. The normalized spacial score (nSPS) is 10.8. The van der Waals surface area contributed by atoms with Crippen LogP contribution in [0.2, 0.25) is 0 Å². The fraction of sp³-hybridized carbons (Fsp3) is 0.286. The maximum absolute atomic E-state index is 12.3. The van der Waals surface area contributed by atoms with E-state index in [1.165, 1.54) is 0 Å². The van der Waals surface area contributed by atoms with Crippen molar-refractivity contribution in [3.05, 3.63) is 41.6 Å². The molecular weight excluding hydrogens is 254 g/mol. The SMILES string of the molecule is Cc1c(C(=O)N(N)C(C)C)nn(-c2ccccc2)c1N. The second-order valence-electron chi connectivity index (χ2n) is 4.91. The molecule has 2 aromatic rings. The van der Waals surface area contributed by atoms with Crippen LogP contribution < -0.4 is 11.6 Å². The lowest BCUT2D eigenvalue weighted by Gasteiger charge is -2.19. The Bertz CT molecular complexity index is 618. The van der Waals surface area contributed by atoms with Crippen LogP contribution in [0, 0.1) is 6.92 Å². The van der Waals surface area contributed by atoms with Crippen LogP contribution in [-0.2, 0) is 0 Å². The Hall–Kier alpha value is -2.34. The van der Waals surface area contributed by atoms with E-state index in [0.29, 0.717) is 11.4 Å². The summed E-state index contributed by atoms with van der Waals surface area (Å²) < 4.78 is 1.55. The summed E-state index contributed by atoms with van der Waals surface area (Å²) in [6.45, 7) is 5.44. The number of benzene rings is 1. The summed E-state index contributed by atoms with van der Waals surface area (Å²) in [6.07, 6.45) is 0. The molecule has 0 aliphatic heterocycles. The van der Waals surface area contributed by atoms with Gasteiger partial charge < -0.3 is 5.73 Å².